The predicted octanol–water partition coefficient (Wildman–Crippen LogP) is -0.0647. The molecule has 0 aromatic rings. The molecule has 0 aliphatic carbocycles. The van der Waals surface area contributed by atoms with E-state index in [-0.39, 0.29) is 37.1 Å². The van der Waals surface area contributed by atoms with Crippen LogP contribution in [0.1, 0.15) is 27.2 Å². The second-order valence-electron chi connectivity index (χ2n) is 7.73. The van der Waals surface area contributed by atoms with Crippen LogP contribution in [0.4, 0.5) is 0 Å². The van der Waals surface area contributed by atoms with E-state index in [9.17, 15) is 14.4 Å². The van der Waals surface area contributed by atoms with Gasteiger partial charge in [0.15, 0.2) is 5.78 Å². The average Bonchev–Trinajstić information content (AvgIpc) is 2.68. The molecule has 0 atom stereocenters. The van der Waals surface area contributed by atoms with Crippen LogP contribution in [0.25, 0.3) is 0 Å². The minimum atomic E-state index is -0.387. The van der Waals surface area contributed by atoms with E-state index < -0.39 is 0 Å². The number of Topliss-reactive ketones (excluding diaryl/α,β-unsaturated/α-hetero) is 1. The van der Waals surface area contributed by atoms with Crippen LogP contribution in [-0.2, 0) is 38.1 Å². The molecule has 0 aromatic heterocycles. The van der Waals surface area contributed by atoms with Crippen LogP contribution in [0.3, 0.4) is 0 Å². The van der Waals surface area contributed by atoms with Crippen molar-refractivity contribution in [2.45, 2.75) is 33.3 Å². The average molecular weight is 435 g/mol. The molecular formula is C20H38N2O8. The Balaban J connectivity index is 4.07. The lowest BCUT2D eigenvalue weighted by Crippen LogP contribution is -2.30. The molecule has 30 heavy (non-hydrogen) atoms. The molecule has 176 valence electrons. The van der Waals surface area contributed by atoms with Crippen LogP contribution in [0.2, 0.25) is 0 Å². The molecule has 2 N–H and O–H groups in total. The molecule has 0 bridgehead atoms. The molecule has 0 aromatic carbocycles. The molecule has 0 heterocycles. The number of ether oxygens (including phenoxy) is 5. The van der Waals surface area contributed by atoms with Crippen molar-refractivity contribution in [2.75, 3.05) is 72.6 Å². The van der Waals surface area contributed by atoms with Crippen molar-refractivity contribution in [3.05, 3.63) is 0 Å². The van der Waals surface area contributed by atoms with Gasteiger partial charge in [0.2, 0.25) is 12.8 Å². The molecule has 0 unspecified atom stereocenters. The smallest absolute Gasteiger partial charge is 0.207 e. The summed E-state index contributed by atoms with van der Waals surface area (Å²) in [6.07, 6.45) is 1.29. The summed E-state index contributed by atoms with van der Waals surface area (Å²) in [5.74, 6) is 0.0320. The third-order valence-electron chi connectivity index (χ3n) is 3.51. The van der Waals surface area contributed by atoms with E-state index in [1.165, 1.54) is 0 Å². The predicted molar refractivity (Wildman–Crippen MR) is 110 cm³/mol. The quantitative estimate of drug-likeness (QED) is 0.179. The van der Waals surface area contributed by atoms with Crippen LogP contribution in [-0.4, -0.2) is 97.3 Å². The number of carbonyl (C=O) groups excluding carboxylic acids is 3. The second kappa shape index (κ2) is 19.4. The summed E-state index contributed by atoms with van der Waals surface area (Å²) in [6.45, 7) is 9.79. The third kappa shape index (κ3) is 21.1. The van der Waals surface area contributed by atoms with Crippen molar-refractivity contribution < 1.29 is 38.1 Å². The van der Waals surface area contributed by atoms with Gasteiger partial charge in [-0.05, 0) is 5.41 Å². The summed E-state index contributed by atoms with van der Waals surface area (Å²) < 4.78 is 27.4. The van der Waals surface area contributed by atoms with E-state index >= 15 is 0 Å². The maximum Gasteiger partial charge on any atom is 0.207 e. The molecule has 0 aliphatic rings. The molecule has 0 saturated carbocycles. The van der Waals surface area contributed by atoms with Gasteiger partial charge in [0.25, 0.3) is 0 Å². The van der Waals surface area contributed by atoms with Gasteiger partial charge >= 0.3 is 0 Å². The van der Waals surface area contributed by atoms with Crippen molar-refractivity contribution in [3.63, 3.8) is 0 Å². The van der Waals surface area contributed by atoms with E-state index in [1.807, 2.05) is 20.8 Å². The first kappa shape index (κ1) is 28.4. The van der Waals surface area contributed by atoms with Gasteiger partial charge in [-0.2, -0.15) is 0 Å². The second-order valence-corrected chi connectivity index (χ2v) is 7.73. The van der Waals surface area contributed by atoms with Crippen LogP contribution in [0, 0.1) is 5.41 Å². The Morgan fingerprint density at radius 1 is 0.800 bits per heavy atom. The normalized spacial score (nSPS) is 11.5. The number of carbonyl (C=O) groups is 3. The lowest BCUT2D eigenvalue weighted by Gasteiger charge is -2.20. The monoisotopic (exact) mass is 434 g/mol. The van der Waals surface area contributed by atoms with E-state index in [0.29, 0.717) is 72.0 Å². The maximum absolute atomic E-state index is 12.1. The highest BCUT2D eigenvalue weighted by atomic mass is 16.6. The lowest BCUT2D eigenvalue weighted by atomic mass is 9.90. The molecule has 0 spiro atoms. The van der Waals surface area contributed by atoms with Gasteiger partial charge in [-0.25, -0.2) is 0 Å². The summed E-state index contributed by atoms with van der Waals surface area (Å²) in [4.78, 5) is 32.3. The molecule has 0 radical (unpaired) electrons. The highest BCUT2D eigenvalue weighted by Crippen LogP contribution is 2.18. The summed E-state index contributed by atoms with van der Waals surface area (Å²) >= 11 is 0. The van der Waals surface area contributed by atoms with Gasteiger partial charge in [-0.3, -0.25) is 14.4 Å². The van der Waals surface area contributed by atoms with Crippen molar-refractivity contribution in [1.82, 2.24) is 10.6 Å². The van der Waals surface area contributed by atoms with Gasteiger partial charge in [0.05, 0.1) is 52.9 Å². The Kier molecular flexibility index (Phi) is 18.4. The first-order valence-corrected chi connectivity index (χ1v) is 10.2. The molecule has 0 rings (SSSR count). The van der Waals surface area contributed by atoms with Gasteiger partial charge in [0, 0.05) is 19.5 Å². The summed E-state index contributed by atoms with van der Waals surface area (Å²) in [5, 5.41) is 5.01. The van der Waals surface area contributed by atoms with Crippen molar-refractivity contribution in [3.8, 4) is 0 Å². The van der Waals surface area contributed by atoms with Crippen LogP contribution in [0.15, 0.2) is 0 Å². The van der Waals surface area contributed by atoms with E-state index in [4.69, 9.17) is 23.7 Å². The zero-order chi connectivity index (χ0) is 22.5. The zero-order valence-corrected chi connectivity index (χ0v) is 18.5. The highest BCUT2D eigenvalue weighted by Gasteiger charge is 2.18. The van der Waals surface area contributed by atoms with Gasteiger partial charge in [0.1, 0.15) is 12.7 Å². The number of hydrogen-bond acceptors (Lipinski definition) is 8. The standard InChI is InChI=1S/C20H38N2O8/c1-20(2,3)12-18(25)13-30-19(14-28-10-8-26-6-4-21-16-23)15-29-11-9-27-7-5-22-17-24/h16-17,19H,4-15H2,1-3H3,(H,21,23)(H,22,24). The summed E-state index contributed by atoms with van der Waals surface area (Å²) in [6, 6.07) is 0. The van der Waals surface area contributed by atoms with E-state index in [2.05, 4.69) is 10.6 Å². The van der Waals surface area contributed by atoms with Crippen LogP contribution in [0.5, 0.6) is 0 Å². The number of ketones is 1. The number of nitrogens with one attached hydrogen (secondary N) is 2. The first-order valence-electron chi connectivity index (χ1n) is 10.2. The Labute approximate surface area is 179 Å². The minimum absolute atomic E-state index is 0.0103. The molecule has 10 heteroatoms. The molecule has 2 amide bonds. The molecule has 0 fully saturated rings. The van der Waals surface area contributed by atoms with Crippen molar-refractivity contribution in [1.29, 1.82) is 0 Å². The molecule has 0 saturated heterocycles. The maximum atomic E-state index is 12.1. The fourth-order valence-electron chi connectivity index (χ4n) is 2.25. The molecule has 10 nitrogen and oxygen atoms in total. The van der Waals surface area contributed by atoms with Crippen LogP contribution < -0.4 is 10.6 Å². The Morgan fingerprint density at radius 3 is 1.70 bits per heavy atom. The van der Waals surface area contributed by atoms with Crippen molar-refractivity contribution >= 4 is 18.6 Å². The third-order valence-corrected chi connectivity index (χ3v) is 3.51. The topological polar surface area (TPSA) is 121 Å². The van der Waals surface area contributed by atoms with E-state index in [1.54, 1.807) is 0 Å². The molecule has 0 aliphatic heterocycles. The number of rotatable bonds is 22. The highest BCUT2D eigenvalue weighted by molar-refractivity contribution is 5.80. The fraction of sp³-hybridized carbons (Fsp3) is 0.850. The van der Waals surface area contributed by atoms with Crippen LogP contribution >= 0.6 is 0 Å². The zero-order valence-electron chi connectivity index (χ0n) is 18.5. The number of hydrogen-bond donors (Lipinski definition) is 2. The van der Waals surface area contributed by atoms with Gasteiger partial charge in [-0.15, -0.1) is 0 Å². The lowest BCUT2D eigenvalue weighted by molar-refractivity contribution is -0.131. The van der Waals surface area contributed by atoms with Gasteiger partial charge < -0.3 is 34.3 Å². The SMILES string of the molecule is CC(C)(C)CC(=O)COC(COCCOCCNC=O)COCCOCCNC=O. The summed E-state index contributed by atoms with van der Waals surface area (Å²) in [7, 11) is 0. The fourth-order valence-corrected chi connectivity index (χ4v) is 2.25. The summed E-state index contributed by atoms with van der Waals surface area (Å²) in [5.41, 5.74) is -0.0883. The molecular weight excluding hydrogens is 396 g/mol. The Bertz CT molecular complexity index is 419. The van der Waals surface area contributed by atoms with E-state index in [0.717, 1.165) is 0 Å². The largest absolute Gasteiger partial charge is 0.377 e. The Morgan fingerprint density at radius 2 is 1.27 bits per heavy atom. The van der Waals surface area contributed by atoms with Crippen molar-refractivity contribution in [2.24, 2.45) is 5.41 Å². The first-order chi connectivity index (χ1) is 14.4. The Hall–Kier alpha value is -1.59. The number of amides is 2. The minimum Gasteiger partial charge on any atom is -0.377 e. The van der Waals surface area contributed by atoms with Gasteiger partial charge in [-0.1, -0.05) is 20.8 Å².